The quantitative estimate of drug-likeness (QED) is 0.798. The molecule has 0 amide bonds. The molecule has 2 aromatic carbocycles. The van der Waals surface area contributed by atoms with Gasteiger partial charge in [-0.15, -0.1) is 0 Å². The molecular weight excluding hydrogens is 234 g/mol. The van der Waals surface area contributed by atoms with Crippen LogP contribution in [0.1, 0.15) is 36.5 Å². The molecule has 0 aliphatic rings. The molecule has 1 N–H and O–H groups in total. The fraction of sp³-hybridized carbons (Fsp3) is 0.235. The number of aromatic hydroxyl groups is 1. The molecule has 0 aliphatic carbocycles. The maximum atomic E-state index is 10.3. The molecule has 2 heteroatoms. The zero-order valence-corrected chi connectivity index (χ0v) is 11.6. The van der Waals surface area contributed by atoms with Crippen molar-refractivity contribution in [2.45, 2.75) is 26.7 Å². The summed E-state index contributed by atoms with van der Waals surface area (Å²) in [5.74, 6) is 0.629. The van der Waals surface area contributed by atoms with Crippen molar-refractivity contribution in [3.8, 4) is 5.75 Å². The van der Waals surface area contributed by atoms with Gasteiger partial charge in [0.2, 0.25) is 0 Å². The summed E-state index contributed by atoms with van der Waals surface area (Å²) in [5, 5.41) is 10.3. The molecule has 2 rings (SSSR count). The van der Waals surface area contributed by atoms with Gasteiger partial charge in [-0.25, -0.2) is 0 Å². The van der Waals surface area contributed by atoms with Crippen molar-refractivity contribution in [2.75, 3.05) is 0 Å². The Hall–Kier alpha value is -2.09. The lowest BCUT2D eigenvalue weighted by molar-refractivity contribution is 0.464. The maximum absolute atomic E-state index is 10.3. The molecule has 0 heterocycles. The Balaban J connectivity index is 2.38. The summed E-state index contributed by atoms with van der Waals surface area (Å²) in [7, 11) is 0. The third kappa shape index (κ3) is 3.22. The van der Waals surface area contributed by atoms with Crippen LogP contribution in [0.5, 0.6) is 5.75 Å². The van der Waals surface area contributed by atoms with E-state index >= 15 is 0 Å². The second kappa shape index (κ2) is 5.70. The van der Waals surface area contributed by atoms with E-state index in [2.05, 4.69) is 18.8 Å². The van der Waals surface area contributed by atoms with Crippen LogP contribution in [0.25, 0.3) is 0 Å². The number of hydrogen-bond donors (Lipinski definition) is 1. The average Bonchev–Trinajstić information content (AvgIpc) is 2.40. The summed E-state index contributed by atoms with van der Waals surface area (Å²) in [5.41, 5.74) is 3.76. The Labute approximate surface area is 114 Å². The number of benzene rings is 2. The van der Waals surface area contributed by atoms with Crippen LogP contribution in [-0.2, 0) is 0 Å². The van der Waals surface area contributed by atoms with Crippen molar-refractivity contribution in [1.29, 1.82) is 0 Å². The number of hydrogen-bond acceptors (Lipinski definition) is 2. The molecule has 0 radical (unpaired) electrons. The molecule has 0 saturated carbocycles. The van der Waals surface area contributed by atoms with Crippen LogP contribution < -0.4 is 0 Å². The van der Waals surface area contributed by atoms with E-state index in [4.69, 9.17) is 0 Å². The molecule has 0 bridgehead atoms. The number of para-hydroxylation sites is 1. The lowest BCUT2D eigenvalue weighted by Gasteiger charge is -2.11. The van der Waals surface area contributed by atoms with Crippen molar-refractivity contribution in [1.82, 2.24) is 0 Å². The van der Waals surface area contributed by atoms with Crippen LogP contribution in [0.3, 0.4) is 0 Å². The summed E-state index contributed by atoms with van der Waals surface area (Å²) in [6.45, 7) is 6.18. The molecule has 0 saturated heterocycles. The first-order valence-corrected chi connectivity index (χ1v) is 6.50. The van der Waals surface area contributed by atoms with Gasteiger partial charge in [-0.1, -0.05) is 38.1 Å². The topological polar surface area (TPSA) is 32.6 Å². The standard InChI is InChI=1S/C17H19NO/c1-12(2)16-10-13(3)9-14(17(16)19)11-18-15-7-5-4-6-8-15/h4-12,19H,1-3H3. The molecule has 98 valence electrons. The van der Waals surface area contributed by atoms with Gasteiger partial charge < -0.3 is 5.11 Å². The van der Waals surface area contributed by atoms with Crippen LogP contribution in [0.4, 0.5) is 5.69 Å². The van der Waals surface area contributed by atoms with E-state index in [9.17, 15) is 5.11 Å². The van der Waals surface area contributed by atoms with Gasteiger partial charge in [0, 0.05) is 11.8 Å². The third-order valence-corrected chi connectivity index (χ3v) is 3.04. The summed E-state index contributed by atoms with van der Waals surface area (Å²) in [6, 6.07) is 13.7. The summed E-state index contributed by atoms with van der Waals surface area (Å²) in [4.78, 5) is 4.39. The number of aliphatic imine (C=N–C) groups is 1. The van der Waals surface area contributed by atoms with Gasteiger partial charge in [-0.05, 0) is 42.2 Å². The monoisotopic (exact) mass is 253 g/mol. The number of rotatable bonds is 3. The Kier molecular flexibility index (Phi) is 4.00. The lowest BCUT2D eigenvalue weighted by Crippen LogP contribution is -1.94. The summed E-state index contributed by atoms with van der Waals surface area (Å²) < 4.78 is 0. The van der Waals surface area contributed by atoms with Gasteiger partial charge in [0.15, 0.2) is 0 Å². The van der Waals surface area contributed by atoms with Crippen LogP contribution in [0.15, 0.2) is 47.5 Å². The Bertz CT molecular complexity index is 586. The maximum Gasteiger partial charge on any atom is 0.127 e. The minimum absolute atomic E-state index is 0.295. The lowest BCUT2D eigenvalue weighted by atomic mass is 9.97. The highest BCUT2D eigenvalue weighted by molar-refractivity contribution is 5.86. The molecule has 2 aromatic rings. The Morgan fingerprint density at radius 3 is 2.42 bits per heavy atom. The number of phenolic OH excluding ortho intramolecular Hbond substituents is 1. The molecule has 0 spiro atoms. The molecule has 0 fully saturated rings. The van der Waals surface area contributed by atoms with Gasteiger partial charge in [-0.3, -0.25) is 4.99 Å². The fourth-order valence-electron chi connectivity index (χ4n) is 2.03. The SMILES string of the molecule is Cc1cc(C=Nc2ccccc2)c(O)c(C(C)C)c1. The van der Waals surface area contributed by atoms with Gasteiger partial charge in [0.1, 0.15) is 5.75 Å². The van der Waals surface area contributed by atoms with E-state index in [-0.39, 0.29) is 0 Å². The predicted molar refractivity (Wildman–Crippen MR) is 80.6 cm³/mol. The van der Waals surface area contributed by atoms with E-state index in [0.29, 0.717) is 11.7 Å². The van der Waals surface area contributed by atoms with Crippen LogP contribution >= 0.6 is 0 Å². The average molecular weight is 253 g/mol. The molecular formula is C17H19NO. The molecule has 0 aliphatic heterocycles. The van der Waals surface area contributed by atoms with Gasteiger partial charge in [-0.2, -0.15) is 0 Å². The first kappa shape index (κ1) is 13.3. The molecule has 2 nitrogen and oxygen atoms in total. The van der Waals surface area contributed by atoms with E-state index < -0.39 is 0 Å². The highest BCUT2D eigenvalue weighted by atomic mass is 16.3. The second-order valence-electron chi connectivity index (χ2n) is 5.04. The molecule has 0 aromatic heterocycles. The van der Waals surface area contributed by atoms with Crippen molar-refractivity contribution < 1.29 is 5.11 Å². The largest absolute Gasteiger partial charge is 0.507 e. The van der Waals surface area contributed by atoms with Crippen molar-refractivity contribution in [2.24, 2.45) is 4.99 Å². The highest BCUT2D eigenvalue weighted by Crippen LogP contribution is 2.29. The van der Waals surface area contributed by atoms with E-state index in [1.54, 1.807) is 6.21 Å². The number of phenols is 1. The minimum atomic E-state index is 0.295. The van der Waals surface area contributed by atoms with Crippen molar-refractivity contribution >= 4 is 11.9 Å². The summed E-state index contributed by atoms with van der Waals surface area (Å²) >= 11 is 0. The predicted octanol–water partition coefficient (Wildman–Crippen LogP) is 4.57. The van der Waals surface area contributed by atoms with Crippen LogP contribution in [0.2, 0.25) is 0 Å². The van der Waals surface area contributed by atoms with E-state index in [0.717, 1.165) is 22.4 Å². The molecule has 19 heavy (non-hydrogen) atoms. The van der Waals surface area contributed by atoms with Crippen molar-refractivity contribution in [3.05, 3.63) is 59.2 Å². The minimum Gasteiger partial charge on any atom is -0.507 e. The van der Waals surface area contributed by atoms with Gasteiger partial charge in [0.25, 0.3) is 0 Å². The molecule has 0 atom stereocenters. The highest BCUT2D eigenvalue weighted by Gasteiger charge is 2.10. The second-order valence-corrected chi connectivity index (χ2v) is 5.04. The number of aryl methyl sites for hydroxylation is 1. The van der Waals surface area contributed by atoms with Crippen LogP contribution in [0, 0.1) is 6.92 Å². The zero-order valence-electron chi connectivity index (χ0n) is 11.6. The van der Waals surface area contributed by atoms with Gasteiger partial charge in [0.05, 0.1) is 5.69 Å². The molecule has 0 unspecified atom stereocenters. The van der Waals surface area contributed by atoms with E-state index in [1.165, 1.54) is 0 Å². The fourth-order valence-corrected chi connectivity index (χ4v) is 2.03. The van der Waals surface area contributed by atoms with Crippen molar-refractivity contribution in [3.63, 3.8) is 0 Å². The first-order chi connectivity index (χ1) is 9.08. The van der Waals surface area contributed by atoms with Gasteiger partial charge >= 0.3 is 0 Å². The zero-order chi connectivity index (χ0) is 13.8. The third-order valence-electron chi connectivity index (χ3n) is 3.04. The normalized spacial score (nSPS) is 11.4. The van der Waals surface area contributed by atoms with Crippen LogP contribution in [-0.4, -0.2) is 11.3 Å². The smallest absolute Gasteiger partial charge is 0.127 e. The Morgan fingerprint density at radius 1 is 1.11 bits per heavy atom. The summed E-state index contributed by atoms with van der Waals surface area (Å²) in [6.07, 6.45) is 1.73. The Morgan fingerprint density at radius 2 is 1.79 bits per heavy atom. The van der Waals surface area contributed by atoms with E-state index in [1.807, 2.05) is 49.4 Å². The first-order valence-electron chi connectivity index (χ1n) is 6.50. The number of nitrogens with zero attached hydrogens (tertiary/aromatic N) is 1.